The second-order valence-electron chi connectivity index (χ2n) is 6.62. The van der Waals surface area contributed by atoms with E-state index in [0.29, 0.717) is 0 Å². The van der Waals surface area contributed by atoms with Gasteiger partial charge in [-0.1, -0.05) is 48.5 Å². The van der Waals surface area contributed by atoms with E-state index in [-0.39, 0.29) is 11.9 Å². The van der Waals surface area contributed by atoms with Crippen molar-refractivity contribution < 1.29 is 4.79 Å². The zero-order valence-electron chi connectivity index (χ0n) is 15.4. The lowest BCUT2D eigenvalue weighted by molar-refractivity contribution is -0.121. The van der Waals surface area contributed by atoms with Crippen molar-refractivity contribution in [3.8, 4) is 0 Å². The summed E-state index contributed by atoms with van der Waals surface area (Å²) in [5, 5.41) is 5.20. The Bertz CT molecular complexity index is 859. The van der Waals surface area contributed by atoms with Crippen LogP contribution in [0.2, 0.25) is 0 Å². The maximum atomic E-state index is 13.2. The first-order chi connectivity index (χ1) is 12.5. The predicted molar refractivity (Wildman–Crippen MR) is 110 cm³/mol. The lowest BCUT2D eigenvalue weighted by atomic mass is 10.0. The van der Waals surface area contributed by atoms with E-state index >= 15 is 0 Å². The molecule has 0 aliphatic heterocycles. The van der Waals surface area contributed by atoms with Crippen LogP contribution < -0.4 is 5.32 Å². The number of carbonyl (C=O) groups is 1. The summed E-state index contributed by atoms with van der Waals surface area (Å²) in [6.45, 7) is 4.78. The molecule has 0 aliphatic carbocycles. The summed E-state index contributed by atoms with van der Waals surface area (Å²) in [7, 11) is 2.00. The van der Waals surface area contributed by atoms with Crippen LogP contribution in [0.25, 0.3) is 0 Å². The van der Waals surface area contributed by atoms with Crippen LogP contribution in [0.5, 0.6) is 0 Å². The fourth-order valence-electron chi connectivity index (χ4n) is 3.05. The molecule has 0 fully saturated rings. The van der Waals surface area contributed by atoms with E-state index in [4.69, 9.17) is 0 Å². The van der Waals surface area contributed by atoms with Gasteiger partial charge in [0.1, 0.15) is 6.04 Å². The second-order valence-corrected chi connectivity index (χ2v) is 7.65. The molecule has 1 N–H and O–H groups in total. The number of nitrogens with zero attached hydrogens (tertiary/aromatic N) is 1. The summed E-state index contributed by atoms with van der Waals surface area (Å²) in [6.07, 6.45) is 0. The SMILES string of the molecule is Cc1ccc(C)c(NC(=O)[C@H](c2ccccc2)N(C)Cc2cccs2)c1. The van der Waals surface area contributed by atoms with Gasteiger partial charge in [0.15, 0.2) is 0 Å². The standard InChI is InChI=1S/C22H24N2OS/c1-16-11-12-17(2)20(14-16)23-22(25)21(18-8-5-4-6-9-18)24(3)15-19-10-7-13-26-19/h4-14,21H,15H2,1-3H3,(H,23,25)/t21-/m0/s1. The molecule has 1 amide bonds. The molecule has 0 saturated heterocycles. The molecule has 0 bridgehead atoms. The third kappa shape index (κ3) is 4.40. The van der Waals surface area contributed by atoms with E-state index < -0.39 is 0 Å². The van der Waals surface area contributed by atoms with Crippen molar-refractivity contribution in [2.45, 2.75) is 26.4 Å². The van der Waals surface area contributed by atoms with Gasteiger partial charge in [-0.05, 0) is 55.1 Å². The Morgan fingerprint density at radius 1 is 1.08 bits per heavy atom. The average Bonchev–Trinajstić information content (AvgIpc) is 3.12. The number of nitrogens with one attached hydrogen (secondary N) is 1. The molecule has 2 aromatic carbocycles. The number of anilines is 1. The molecular weight excluding hydrogens is 340 g/mol. The molecule has 0 unspecified atom stereocenters. The third-order valence-corrected chi connectivity index (χ3v) is 5.30. The number of amides is 1. The quantitative estimate of drug-likeness (QED) is 0.654. The van der Waals surface area contributed by atoms with E-state index in [1.165, 1.54) is 4.88 Å². The lowest BCUT2D eigenvalue weighted by Crippen LogP contribution is -2.34. The Morgan fingerprint density at radius 2 is 1.85 bits per heavy atom. The highest BCUT2D eigenvalue weighted by molar-refractivity contribution is 7.09. The molecule has 26 heavy (non-hydrogen) atoms. The molecule has 0 spiro atoms. The van der Waals surface area contributed by atoms with Crippen LogP contribution in [0, 0.1) is 13.8 Å². The van der Waals surface area contributed by atoms with Gasteiger partial charge in [-0.3, -0.25) is 9.69 Å². The van der Waals surface area contributed by atoms with Crippen LogP contribution in [-0.4, -0.2) is 17.9 Å². The Hall–Kier alpha value is -2.43. The topological polar surface area (TPSA) is 32.3 Å². The predicted octanol–water partition coefficient (Wildman–Crippen LogP) is 5.18. The molecule has 3 rings (SSSR count). The van der Waals surface area contributed by atoms with Gasteiger partial charge in [0.25, 0.3) is 0 Å². The fraction of sp³-hybridized carbons (Fsp3) is 0.227. The highest BCUT2D eigenvalue weighted by atomic mass is 32.1. The van der Waals surface area contributed by atoms with E-state index in [0.717, 1.165) is 28.9 Å². The van der Waals surface area contributed by atoms with Crippen molar-refractivity contribution in [3.05, 3.63) is 87.6 Å². The number of rotatable bonds is 6. The van der Waals surface area contributed by atoms with Crippen LogP contribution >= 0.6 is 11.3 Å². The smallest absolute Gasteiger partial charge is 0.246 e. The van der Waals surface area contributed by atoms with Crippen LogP contribution in [0.15, 0.2) is 66.0 Å². The number of thiophene rings is 1. The van der Waals surface area contributed by atoms with E-state index in [1.807, 2.05) is 69.4 Å². The van der Waals surface area contributed by atoms with Gasteiger partial charge in [0.05, 0.1) is 0 Å². The normalized spacial score (nSPS) is 12.2. The molecule has 0 saturated carbocycles. The van der Waals surface area contributed by atoms with Gasteiger partial charge in [0.2, 0.25) is 5.91 Å². The summed E-state index contributed by atoms with van der Waals surface area (Å²) in [5.41, 5.74) is 4.07. The molecule has 0 aliphatic rings. The molecule has 1 heterocycles. The van der Waals surface area contributed by atoms with Gasteiger partial charge in [-0.15, -0.1) is 11.3 Å². The van der Waals surface area contributed by atoms with Gasteiger partial charge in [-0.2, -0.15) is 0 Å². The maximum Gasteiger partial charge on any atom is 0.246 e. The van der Waals surface area contributed by atoms with Gasteiger partial charge in [-0.25, -0.2) is 0 Å². The second kappa shape index (κ2) is 8.30. The molecule has 1 aromatic heterocycles. The van der Waals surface area contributed by atoms with Crippen molar-refractivity contribution in [2.75, 3.05) is 12.4 Å². The van der Waals surface area contributed by atoms with Crippen LogP contribution in [0.4, 0.5) is 5.69 Å². The lowest BCUT2D eigenvalue weighted by Gasteiger charge is -2.27. The molecular formula is C22H24N2OS. The first kappa shape index (κ1) is 18.4. The summed E-state index contributed by atoms with van der Waals surface area (Å²) in [6, 6.07) is 19.9. The summed E-state index contributed by atoms with van der Waals surface area (Å²) < 4.78 is 0. The maximum absolute atomic E-state index is 13.2. The average molecular weight is 365 g/mol. The minimum atomic E-state index is -0.349. The molecule has 0 radical (unpaired) electrons. The minimum Gasteiger partial charge on any atom is -0.324 e. The van der Waals surface area contributed by atoms with Crippen molar-refractivity contribution >= 4 is 22.9 Å². The summed E-state index contributed by atoms with van der Waals surface area (Å²) in [4.78, 5) is 16.5. The molecule has 1 atom stereocenters. The number of hydrogen-bond donors (Lipinski definition) is 1. The van der Waals surface area contributed by atoms with Crippen molar-refractivity contribution in [3.63, 3.8) is 0 Å². The highest BCUT2D eigenvalue weighted by Crippen LogP contribution is 2.26. The largest absolute Gasteiger partial charge is 0.324 e. The van der Waals surface area contributed by atoms with Crippen LogP contribution in [0.1, 0.15) is 27.6 Å². The third-order valence-electron chi connectivity index (χ3n) is 4.44. The van der Waals surface area contributed by atoms with Crippen molar-refractivity contribution in [2.24, 2.45) is 0 Å². The van der Waals surface area contributed by atoms with Gasteiger partial charge >= 0.3 is 0 Å². The Kier molecular flexibility index (Phi) is 5.86. The Morgan fingerprint density at radius 3 is 2.54 bits per heavy atom. The number of hydrogen-bond acceptors (Lipinski definition) is 3. The van der Waals surface area contributed by atoms with E-state index in [9.17, 15) is 4.79 Å². The Balaban J connectivity index is 1.87. The first-order valence-electron chi connectivity index (χ1n) is 8.70. The number of likely N-dealkylation sites (N-methyl/N-ethyl adjacent to an activating group) is 1. The minimum absolute atomic E-state index is 0.0102. The Labute approximate surface area is 159 Å². The monoisotopic (exact) mass is 364 g/mol. The fourth-order valence-corrected chi connectivity index (χ4v) is 3.82. The zero-order chi connectivity index (χ0) is 18.5. The molecule has 3 aromatic rings. The highest BCUT2D eigenvalue weighted by Gasteiger charge is 2.26. The zero-order valence-corrected chi connectivity index (χ0v) is 16.2. The van der Waals surface area contributed by atoms with Crippen LogP contribution in [-0.2, 0) is 11.3 Å². The van der Waals surface area contributed by atoms with Gasteiger partial charge < -0.3 is 5.32 Å². The number of benzene rings is 2. The van der Waals surface area contributed by atoms with E-state index in [2.05, 4.69) is 27.7 Å². The summed E-state index contributed by atoms with van der Waals surface area (Å²) in [5.74, 6) is -0.0102. The molecule has 4 heteroatoms. The first-order valence-corrected chi connectivity index (χ1v) is 9.58. The van der Waals surface area contributed by atoms with Gasteiger partial charge in [0, 0.05) is 17.1 Å². The number of aryl methyl sites for hydroxylation is 2. The number of carbonyl (C=O) groups excluding carboxylic acids is 1. The summed E-state index contributed by atoms with van der Waals surface area (Å²) >= 11 is 1.71. The van der Waals surface area contributed by atoms with Crippen molar-refractivity contribution in [1.29, 1.82) is 0 Å². The van der Waals surface area contributed by atoms with Crippen molar-refractivity contribution in [1.82, 2.24) is 4.90 Å². The molecule has 3 nitrogen and oxygen atoms in total. The van der Waals surface area contributed by atoms with Crippen LogP contribution in [0.3, 0.4) is 0 Å². The van der Waals surface area contributed by atoms with E-state index in [1.54, 1.807) is 11.3 Å². The molecule has 134 valence electrons.